The van der Waals surface area contributed by atoms with Crippen LogP contribution in [-0.4, -0.2) is 67.3 Å². The lowest BCUT2D eigenvalue weighted by Crippen LogP contribution is -2.44. The van der Waals surface area contributed by atoms with Gasteiger partial charge in [0, 0.05) is 36.7 Å². The van der Waals surface area contributed by atoms with Crippen molar-refractivity contribution < 1.29 is 19.1 Å². The normalized spacial score (nSPS) is 17.4. The van der Waals surface area contributed by atoms with Crippen LogP contribution in [0.5, 0.6) is 17.2 Å². The molecule has 41 heavy (non-hydrogen) atoms. The molecule has 9 heteroatoms. The van der Waals surface area contributed by atoms with E-state index in [0.717, 1.165) is 79.5 Å². The summed E-state index contributed by atoms with van der Waals surface area (Å²) in [6.45, 7) is 6.34. The minimum atomic E-state index is -0.337. The predicted molar refractivity (Wildman–Crippen MR) is 169 cm³/mol. The molecular weight excluding hydrogens is 602 g/mol. The van der Waals surface area contributed by atoms with Crippen LogP contribution in [0.1, 0.15) is 24.8 Å². The van der Waals surface area contributed by atoms with Gasteiger partial charge in [0.1, 0.15) is 17.2 Å². The van der Waals surface area contributed by atoms with Crippen molar-refractivity contribution in [2.45, 2.75) is 19.3 Å². The van der Waals surface area contributed by atoms with Gasteiger partial charge in [-0.05, 0) is 105 Å². The first-order chi connectivity index (χ1) is 19.9. The highest BCUT2D eigenvalue weighted by molar-refractivity contribution is 9.10. The summed E-state index contributed by atoms with van der Waals surface area (Å²) in [6, 6.07) is 22.2. The SMILES string of the molecule is CN1CCN(CCCCCOc2cccc(N3C(=O)S/C(=C\c4ccc(Oc5ccc(Br)cc5)cc4)C3=O)c2)CC1. The van der Waals surface area contributed by atoms with Crippen LogP contribution in [0.4, 0.5) is 10.5 Å². The summed E-state index contributed by atoms with van der Waals surface area (Å²) in [7, 11) is 2.18. The molecule has 0 N–H and O–H groups in total. The van der Waals surface area contributed by atoms with Crippen molar-refractivity contribution in [2.75, 3.05) is 51.3 Å². The van der Waals surface area contributed by atoms with Crippen molar-refractivity contribution in [3.05, 3.63) is 87.7 Å². The third-order valence-electron chi connectivity index (χ3n) is 7.08. The van der Waals surface area contributed by atoms with E-state index >= 15 is 0 Å². The molecule has 0 radical (unpaired) electrons. The van der Waals surface area contributed by atoms with Gasteiger partial charge in [-0.2, -0.15) is 0 Å². The number of thioether (sulfide) groups is 1. The van der Waals surface area contributed by atoms with Crippen LogP contribution in [0, 0.1) is 0 Å². The molecule has 5 rings (SSSR count). The summed E-state index contributed by atoms with van der Waals surface area (Å²) < 4.78 is 12.8. The van der Waals surface area contributed by atoms with Crippen molar-refractivity contribution in [2.24, 2.45) is 0 Å². The second-order valence-electron chi connectivity index (χ2n) is 10.2. The lowest BCUT2D eigenvalue weighted by Gasteiger charge is -2.32. The molecule has 2 heterocycles. The van der Waals surface area contributed by atoms with E-state index in [1.807, 2.05) is 60.7 Å². The van der Waals surface area contributed by atoms with E-state index in [2.05, 4.69) is 32.8 Å². The first kappa shape index (κ1) is 29.4. The van der Waals surface area contributed by atoms with Crippen LogP contribution in [-0.2, 0) is 4.79 Å². The molecule has 0 aromatic heterocycles. The van der Waals surface area contributed by atoms with Crippen LogP contribution in [0.15, 0.2) is 82.2 Å². The summed E-state index contributed by atoms with van der Waals surface area (Å²) >= 11 is 4.35. The van der Waals surface area contributed by atoms with Crippen molar-refractivity contribution in [1.82, 2.24) is 9.80 Å². The molecular formula is C32H34BrN3O4S. The average Bonchev–Trinajstić information content (AvgIpc) is 3.26. The van der Waals surface area contributed by atoms with E-state index in [-0.39, 0.29) is 11.1 Å². The van der Waals surface area contributed by atoms with Crippen LogP contribution in [0.2, 0.25) is 0 Å². The summed E-state index contributed by atoms with van der Waals surface area (Å²) in [6.07, 6.45) is 4.97. The molecule has 2 saturated heterocycles. The summed E-state index contributed by atoms with van der Waals surface area (Å²) in [4.78, 5) is 32.5. The van der Waals surface area contributed by atoms with Gasteiger partial charge in [-0.25, -0.2) is 4.90 Å². The number of nitrogens with zero attached hydrogens (tertiary/aromatic N) is 3. The molecule has 0 aliphatic carbocycles. The van der Waals surface area contributed by atoms with Crippen LogP contribution in [0.3, 0.4) is 0 Å². The number of amides is 2. The predicted octanol–water partition coefficient (Wildman–Crippen LogP) is 7.28. The first-order valence-corrected chi connectivity index (χ1v) is 15.5. The Bertz CT molecular complexity index is 1370. The maximum Gasteiger partial charge on any atom is 0.298 e. The Morgan fingerprint density at radius 2 is 1.56 bits per heavy atom. The van der Waals surface area contributed by atoms with Crippen molar-refractivity contribution in [1.29, 1.82) is 0 Å². The lowest BCUT2D eigenvalue weighted by atomic mass is 10.2. The van der Waals surface area contributed by atoms with Gasteiger partial charge in [0.25, 0.3) is 11.1 Å². The summed E-state index contributed by atoms with van der Waals surface area (Å²) in [5, 5.41) is -0.322. The van der Waals surface area contributed by atoms with Crippen molar-refractivity contribution in [3.63, 3.8) is 0 Å². The van der Waals surface area contributed by atoms with Gasteiger partial charge in [-0.15, -0.1) is 0 Å². The maximum atomic E-state index is 13.2. The van der Waals surface area contributed by atoms with Crippen LogP contribution < -0.4 is 14.4 Å². The zero-order chi connectivity index (χ0) is 28.6. The molecule has 214 valence electrons. The van der Waals surface area contributed by atoms with E-state index in [1.165, 1.54) is 4.90 Å². The Hall–Kier alpha value is -3.11. The molecule has 0 atom stereocenters. The highest BCUT2D eigenvalue weighted by Gasteiger charge is 2.36. The second kappa shape index (κ2) is 14.2. The van der Waals surface area contributed by atoms with E-state index in [9.17, 15) is 9.59 Å². The summed E-state index contributed by atoms with van der Waals surface area (Å²) in [5.41, 5.74) is 1.32. The minimum absolute atomic E-state index is 0.322. The lowest BCUT2D eigenvalue weighted by molar-refractivity contribution is -0.113. The van der Waals surface area contributed by atoms with Gasteiger partial charge in [0.2, 0.25) is 0 Å². The number of benzene rings is 3. The van der Waals surface area contributed by atoms with Gasteiger partial charge in [-0.1, -0.05) is 34.1 Å². The zero-order valence-electron chi connectivity index (χ0n) is 23.1. The van der Waals surface area contributed by atoms with Gasteiger partial charge in [0.05, 0.1) is 17.2 Å². The van der Waals surface area contributed by atoms with E-state index in [4.69, 9.17) is 9.47 Å². The summed E-state index contributed by atoms with van der Waals surface area (Å²) in [5.74, 6) is 1.74. The Balaban J connectivity index is 1.12. The highest BCUT2D eigenvalue weighted by Crippen LogP contribution is 2.37. The Kier molecular flexibility index (Phi) is 10.2. The van der Waals surface area contributed by atoms with Crippen molar-refractivity contribution >= 4 is 50.6 Å². The Morgan fingerprint density at radius 1 is 0.854 bits per heavy atom. The average molecular weight is 637 g/mol. The number of imide groups is 1. The molecule has 0 spiro atoms. The monoisotopic (exact) mass is 635 g/mol. The number of piperazine rings is 1. The minimum Gasteiger partial charge on any atom is -0.494 e. The number of carbonyl (C=O) groups is 2. The smallest absolute Gasteiger partial charge is 0.298 e. The standard InChI is InChI=1S/C32H34BrN3O4S/c1-34-17-19-35(20-18-34)16-3-2-4-21-39-29-7-5-6-26(23-29)36-31(37)30(41-32(36)38)22-24-8-12-27(13-9-24)40-28-14-10-25(33)11-15-28/h5-15,22-23H,2-4,16-21H2,1H3/b30-22-. The molecule has 3 aromatic carbocycles. The number of carbonyl (C=O) groups excluding carboxylic acids is 2. The second-order valence-corrected chi connectivity index (χ2v) is 12.1. The third kappa shape index (κ3) is 8.23. The van der Waals surface area contributed by atoms with Gasteiger partial charge >= 0.3 is 0 Å². The fourth-order valence-corrected chi connectivity index (χ4v) is 5.81. The number of unbranched alkanes of at least 4 members (excludes halogenated alkanes) is 2. The molecule has 3 aromatic rings. The van der Waals surface area contributed by atoms with Gasteiger partial charge in [0.15, 0.2) is 0 Å². The molecule has 0 bridgehead atoms. The molecule has 2 amide bonds. The van der Waals surface area contributed by atoms with E-state index in [0.29, 0.717) is 28.7 Å². The Morgan fingerprint density at radius 3 is 2.29 bits per heavy atom. The number of anilines is 1. The number of hydrogen-bond donors (Lipinski definition) is 0. The number of halogens is 1. The van der Waals surface area contributed by atoms with E-state index in [1.54, 1.807) is 18.2 Å². The Labute approximate surface area is 254 Å². The maximum absolute atomic E-state index is 13.2. The topological polar surface area (TPSA) is 62.3 Å². The number of likely N-dealkylation sites (N-methyl/N-ethyl adjacent to an activating group) is 1. The molecule has 0 unspecified atom stereocenters. The molecule has 2 aliphatic rings. The van der Waals surface area contributed by atoms with Crippen LogP contribution in [0.25, 0.3) is 6.08 Å². The molecule has 2 fully saturated rings. The van der Waals surface area contributed by atoms with Crippen molar-refractivity contribution in [3.8, 4) is 17.2 Å². The number of hydrogen-bond acceptors (Lipinski definition) is 7. The number of ether oxygens (including phenoxy) is 2. The largest absolute Gasteiger partial charge is 0.494 e. The first-order valence-electron chi connectivity index (χ1n) is 13.9. The quantitative estimate of drug-likeness (QED) is 0.162. The van der Waals surface area contributed by atoms with E-state index < -0.39 is 0 Å². The highest BCUT2D eigenvalue weighted by atomic mass is 79.9. The van der Waals surface area contributed by atoms with Crippen LogP contribution >= 0.6 is 27.7 Å². The van der Waals surface area contributed by atoms with Gasteiger partial charge < -0.3 is 19.3 Å². The molecule has 0 saturated carbocycles. The fourth-order valence-electron chi connectivity index (χ4n) is 4.70. The number of rotatable bonds is 11. The third-order valence-corrected chi connectivity index (χ3v) is 8.48. The fraction of sp³-hybridized carbons (Fsp3) is 0.312. The van der Waals surface area contributed by atoms with Gasteiger partial charge in [-0.3, -0.25) is 9.59 Å². The molecule has 2 aliphatic heterocycles. The molecule has 7 nitrogen and oxygen atoms in total. The zero-order valence-corrected chi connectivity index (χ0v) is 25.5.